The number of alkyl halides is 1. The van der Waals surface area contributed by atoms with Gasteiger partial charge in [0, 0.05) is 43.0 Å². The van der Waals surface area contributed by atoms with Gasteiger partial charge in [-0.1, -0.05) is 53.6 Å². The van der Waals surface area contributed by atoms with Crippen molar-refractivity contribution < 1.29 is 46.6 Å². The Kier molecular flexibility index (Phi) is 9.95. The van der Waals surface area contributed by atoms with Gasteiger partial charge in [0.2, 0.25) is 5.88 Å². The molecule has 15 heteroatoms. The largest absolute Gasteiger partial charge is 0.533 e. The Bertz CT molecular complexity index is 2280. The van der Waals surface area contributed by atoms with Crippen LogP contribution in [0.25, 0.3) is 32.9 Å². The number of aromatic nitrogens is 3. The lowest BCUT2D eigenvalue weighted by atomic mass is 9.94. The van der Waals surface area contributed by atoms with E-state index >= 15 is 8.78 Å². The van der Waals surface area contributed by atoms with Crippen LogP contribution in [0.1, 0.15) is 49.7 Å². The Morgan fingerprint density at radius 2 is 1.76 bits per heavy atom. The number of nitrogens with zero attached hydrogens (tertiary/aromatic N) is 5. The molecule has 3 saturated heterocycles. The van der Waals surface area contributed by atoms with Crippen molar-refractivity contribution in [1.82, 2.24) is 24.9 Å². The average molecular weight is 756 g/mol. The summed E-state index contributed by atoms with van der Waals surface area (Å²) in [5, 5.41) is 1.22. The first-order valence-electron chi connectivity index (χ1n) is 18.1. The molecule has 284 valence electrons. The molecule has 0 saturated carbocycles. The van der Waals surface area contributed by atoms with Gasteiger partial charge < -0.3 is 14.2 Å². The molecule has 0 aliphatic carbocycles. The number of hydroxylamine groups is 2. The second kappa shape index (κ2) is 15.1. The zero-order valence-corrected chi connectivity index (χ0v) is 29.6. The van der Waals surface area contributed by atoms with Crippen molar-refractivity contribution in [2.75, 3.05) is 26.3 Å². The van der Waals surface area contributed by atoms with Gasteiger partial charge in [0.25, 0.3) is 11.8 Å². The van der Waals surface area contributed by atoms with Gasteiger partial charge in [-0.25, -0.2) is 18.0 Å². The fourth-order valence-corrected chi connectivity index (χ4v) is 7.78. The van der Waals surface area contributed by atoms with Crippen molar-refractivity contribution >= 4 is 39.6 Å². The number of ether oxygens (including phenoxy) is 3. The first-order chi connectivity index (χ1) is 26.7. The van der Waals surface area contributed by atoms with Crippen LogP contribution in [0.3, 0.4) is 0 Å². The Labute approximate surface area is 313 Å². The molecule has 0 unspecified atom stereocenters. The molecule has 0 bridgehead atoms. The Morgan fingerprint density at radius 1 is 0.945 bits per heavy atom. The van der Waals surface area contributed by atoms with E-state index in [0.29, 0.717) is 34.5 Å². The monoisotopic (exact) mass is 755 g/mol. The highest BCUT2D eigenvalue weighted by Crippen LogP contribution is 2.41. The van der Waals surface area contributed by atoms with E-state index in [2.05, 4.69) is 19.9 Å². The summed E-state index contributed by atoms with van der Waals surface area (Å²) in [7, 11) is 0. The van der Waals surface area contributed by atoms with Gasteiger partial charge in [-0.3, -0.25) is 24.3 Å². The normalized spacial score (nSPS) is 19.7. The van der Waals surface area contributed by atoms with E-state index in [-0.39, 0.29) is 79.4 Å². The van der Waals surface area contributed by atoms with E-state index in [1.807, 2.05) is 30.3 Å². The number of hydrogen-bond acceptors (Lipinski definition) is 11. The molecule has 2 amide bonds. The smallest absolute Gasteiger partial charge is 0.472 e. The summed E-state index contributed by atoms with van der Waals surface area (Å²) in [5.74, 6) is -2.54. The van der Waals surface area contributed by atoms with Crippen LogP contribution < -0.4 is 9.47 Å². The number of rotatable bonds is 12. The molecule has 0 radical (unpaired) electrons. The van der Waals surface area contributed by atoms with Gasteiger partial charge in [-0.2, -0.15) is 9.97 Å². The molecule has 8 rings (SSSR count). The molecular formula is C40H36F3N5O7. The van der Waals surface area contributed by atoms with Crippen molar-refractivity contribution in [1.29, 1.82) is 0 Å². The lowest BCUT2D eigenvalue weighted by Crippen LogP contribution is -2.43. The Hall–Kier alpha value is -5.83. The van der Waals surface area contributed by atoms with E-state index in [9.17, 15) is 18.8 Å². The maximum atomic E-state index is 16.9. The third-order valence-electron chi connectivity index (χ3n) is 10.4. The highest BCUT2D eigenvalue weighted by atomic mass is 19.1. The zero-order chi connectivity index (χ0) is 38.1. The summed E-state index contributed by atoms with van der Waals surface area (Å²) >= 11 is 0. The van der Waals surface area contributed by atoms with Crippen molar-refractivity contribution in [2.24, 2.45) is 0 Å². The van der Waals surface area contributed by atoms with E-state index in [1.54, 1.807) is 18.2 Å². The molecule has 3 aliphatic heterocycles. The maximum Gasteiger partial charge on any atom is 0.533 e. The molecular weight excluding hydrogens is 719 g/mol. The van der Waals surface area contributed by atoms with Crippen LogP contribution in [0.2, 0.25) is 0 Å². The number of fused-ring (bicyclic) bond motifs is 3. The summed E-state index contributed by atoms with van der Waals surface area (Å²) < 4.78 is 64.0. The van der Waals surface area contributed by atoms with Crippen molar-refractivity contribution in [3.05, 3.63) is 89.6 Å². The Balaban J connectivity index is 1.10. The van der Waals surface area contributed by atoms with Crippen LogP contribution in [0.15, 0.2) is 66.9 Å². The van der Waals surface area contributed by atoms with Crippen LogP contribution >= 0.6 is 0 Å². The lowest BCUT2D eigenvalue weighted by Gasteiger charge is -2.30. The first-order valence-corrected chi connectivity index (χ1v) is 18.1. The topological polar surface area (TPSA) is 133 Å². The van der Waals surface area contributed by atoms with Crippen LogP contribution in [-0.4, -0.2) is 80.9 Å². The number of benzene rings is 3. The fourth-order valence-electron chi connectivity index (χ4n) is 7.78. The van der Waals surface area contributed by atoms with Crippen LogP contribution in [0, 0.1) is 11.6 Å². The molecule has 5 heterocycles. The van der Waals surface area contributed by atoms with E-state index in [4.69, 9.17) is 19.0 Å². The van der Waals surface area contributed by atoms with E-state index in [0.717, 1.165) is 24.9 Å². The van der Waals surface area contributed by atoms with Gasteiger partial charge >= 0.3 is 12.2 Å². The molecule has 2 atom stereocenters. The molecule has 3 aromatic carbocycles. The number of carbonyl (C=O) groups excluding carboxylic acids is 3. The zero-order valence-electron chi connectivity index (χ0n) is 29.6. The quantitative estimate of drug-likeness (QED) is 0.0756. The molecule has 3 fully saturated rings. The molecule has 0 spiro atoms. The van der Waals surface area contributed by atoms with Crippen molar-refractivity contribution in [3.63, 3.8) is 0 Å². The number of carbonyl (C=O) groups is 3. The number of aryl methyl sites for hydroxylation is 1. The minimum Gasteiger partial charge on any atom is -0.472 e. The predicted molar refractivity (Wildman–Crippen MR) is 191 cm³/mol. The van der Waals surface area contributed by atoms with Crippen LogP contribution in [-0.2, 0) is 32.2 Å². The summed E-state index contributed by atoms with van der Waals surface area (Å²) in [6.45, 7) is 1.22. The summed E-state index contributed by atoms with van der Waals surface area (Å²) in [4.78, 5) is 56.0. The van der Waals surface area contributed by atoms with Crippen LogP contribution in [0.5, 0.6) is 11.9 Å². The molecule has 55 heavy (non-hydrogen) atoms. The third-order valence-corrected chi connectivity index (χ3v) is 10.4. The minimum atomic E-state index is -1.21. The molecule has 12 nitrogen and oxygen atoms in total. The van der Waals surface area contributed by atoms with Crippen LogP contribution in [0.4, 0.5) is 18.0 Å². The third kappa shape index (κ3) is 7.23. The summed E-state index contributed by atoms with van der Waals surface area (Å²) in [6, 6.07) is 16.9. The minimum absolute atomic E-state index is 0.0503. The van der Waals surface area contributed by atoms with Gasteiger partial charge in [-0.15, -0.1) is 0 Å². The van der Waals surface area contributed by atoms with E-state index < -0.39 is 41.3 Å². The Morgan fingerprint density at radius 3 is 2.58 bits per heavy atom. The predicted octanol–water partition coefficient (Wildman–Crippen LogP) is 6.81. The number of hydrogen-bond donors (Lipinski definition) is 0. The fraction of sp³-hybridized carbons (Fsp3) is 0.350. The summed E-state index contributed by atoms with van der Waals surface area (Å²) in [5.41, 5.74) is 1.06. The number of imide groups is 1. The molecule has 0 N–H and O–H groups in total. The maximum absolute atomic E-state index is 16.9. The average Bonchev–Trinajstić information content (AvgIpc) is 3.83. The van der Waals surface area contributed by atoms with Gasteiger partial charge in [-0.05, 0) is 60.9 Å². The molecule has 2 aromatic heterocycles. The van der Waals surface area contributed by atoms with E-state index in [1.165, 1.54) is 18.3 Å². The second-order valence-electron chi connectivity index (χ2n) is 13.9. The summed E-state index contributed by atoms with van der Waals surface area (Å²) in [6.07, 6.45) is 1.67. The van der Waals surface area contributed by atoms with Gasteiger partial charge in [0.15, 0.2) is 5.82 Å². The number of amides is 2. The molecule has 3 aliphatic rings. The number of pyridine rings is 1. The van der Waals surface area contributed by atoms with Gasteiger partial charge in [0.05, 0.1) is 17.5 Å². The first kappa shape index (κ1) is 36.2. The van der Waals surface area contributed by atoms with Gasteiger partial charge in [0.1, 0.15) is 36.4 Å². The SMILES string of the molecule is O=C(OCCCc1cccc2c(F)ccc(-c3ncc4c(OCc5ccccc5)nc(OC[C@@]56CCCN5C[C@H](F)C6)nc4c3F)c12)ON1C(=O)CCC1=O. The highest BCUT2D eigenvalue weighted by molar-refractivity contribution is 6.02. The lowest BCUT2D eigenvalue weighted by molar-refractivity contribution is -0.177. The standard InChI is InChI=1S/C40H36F3N5O7/c41-26-19-40(16-6-17-47(40)21-26)23-54-38-45-36-29(37(46-38)53-22-24-7-2-1-3-8-24)20-44-35(34(36)43)28-12-13-30(42)27-11-4-9-25(33(27)28)10-5-18-52-39(51)55-48-31(49)14-15-32(48)50/h1-4,7-9,11-13,20,26H,5-6,10,14-19,21-23H2/t26-,40+/m1/s1. The highest BCUT2D eigenvalue weighted by Gasteiger charge is 2.49. The molecule has 5 aromatic rings. The number of halogens is 3. The second-order valence-corrected chi connectivity index (χ2v) is 13.9. The van der Waals surface area contributed by atoms with Crippen molar-refractivity contribution in [3.8, 4) is 23.1 Å². The van der Waals surface area contributed by atoms with Crippen molar-refractivity contribution in [2.45, 2.75) is 63.3 Å².